The maximum Gasteiger partial charge on any atom is 0.303 e. The largest absolute Gasteiger partial charge is 0.481 e. The van der Waals surface area contributed by atoms with E-state index < -0.39 is 5.97 Å². The Balaban J connectivity index is 1.76. The molecule has 0 saturated carbocycles. The molecule has 1 N–H and O–H groups in total. The molecule has 1 rings (SSSR count). The van der Waals surface area contributed by atoms with E-state index in [1.807, 2.05) is 6.08 Å². The van der Waals surface area contributed by atoms with Crippen molar-refractivity contribution < 1.29 is 9.90 Å². The van der Waals surface area contributed by atoms with Crippen molar-refractivity contribution in [1.29, 1.82) is 0 Å². The smallest absolute Gasteiger partial charge is 0.303 e. The maximum absolute atomic E-state index is 10.3. The lowest BCUT2D eigenvalue weighted by molar-refractivity contribution is -0.136. The van der Waals surface area contributed by atoms with Gasteiger partial charge in [0.25, 0.3) is 0 Å². The van der Waals surface area contributed by atoms with Crippen LogP contribution in [0.1, 0.15) is 77.0 Å². The molecule has 1 unspecified atom stereocenters. The zero-order chi connectivity index (χ0) is 14.5. The topological polar surface area (TPSA) is 37.3 Å². The summed E-state index contributed by atoms with van der Waals surface area (Å²) in [6, 6.07) is 0. The lowest BCUT2D eigenvalue weighted by atomic mass is 10.00. The van der Waals surface area contributed by atoms with Gasteiger partial charge in [-0.1, -0.05) is 56.4 Å². The van der Waals surface area contributed by atoms with Crippen molar-refractivity contribution >= 4 is 5.97 Å². The first-order chi connectivity index (χ1) is 9.79. The van der Waals surface area contributed by atoms with Crippen molar-refractivity contribution in [2.45, 2.75) is 77.0 Å². The molecule has 0 heterocycles. The summed E-state index contributed by atoms with van der Waals surface area (Å²) in [5, 5.41) is 8.49. The van der Waals surface area contributed by atoms with E-state index in [1.165, 1.54) is 57.8 Å². The molecule has 20 heavy (non-hydrogen) atoms. The highest BCUT2D eigenvalue weighted by Gasteiger charge is 2.07. The van der Waals surface area contributed by atoms with Crippen molar-refractivity contribution in [3.05, 3.63) is 24.3 Å². The third kappa shape index (κ3) is 9.82. The Labute approximate surface area is 124 Å². The molecule has 0 spiro atoms. The van der Waals surface area contributed by atoms with E-state index in [9.17, 15) is 4.79 Å². The Morgan fingerprint density at radius 2 is 1.75 bits per heavy atom. The molecule has 0 aromatic rings. The monoisotopic (exact) mass is 278 g/mol. The number of rotatable bonds is 12. The van der Waals surface area contributed by atoms with Gasteiger partial charge in [0.15, 0.2) is 0 Å². The normalized spacial score (nSPS) is 18.1. The molecule has 0 aromatic carbocycles. The summed E-state index contributed by atoms with van der Waals surface area (Å²) < 4.78 is 0. The first-order valence-corrected chi connectivity index (χ1v) is 8.32. The molecule has 2 heteroatoms. The summed E-state index contributed by atoms with van der Waals surface area (Å²) in [7, 11) is 0. The zero-order valence-corrected chi connectivity index (χ0v) is 12.7. The van der Waals surface area contributed by atoms with Gasteiger partial charge < -0.3 is 5.11 Å². The van der Waals surface area contributed by atoms with Gasteiger partial charge >= 0.3 is 5.97 Å². The van der Waals surface area contributed by atoms with Gasteiger partial charge in [-0.05, 0) is 44.4 Å². The van der Waals surface area contributed by atoms with E-state index in [-0.39, 0.29) is 6.42 Å². The van der Waals surface area contributed by atoms with Gasteiger partial charge in [0.2, 0.25) is 0 Å². The van der Waals surface area contributed by atoms with E-state index in [1.54, 1.807) is 0 Å². The van der Waals surface area contributed by atoms with Crippen LogP contribution in [0.4, 0.5) is 0 Å². The molecule has 1 aliphatic carbocycles. The van der Waals surface area contributed by atoms with E-state index in [0.717, 1.165) is 12.3 Å². The Morgan fingerprint density at radius 3 is 2.45 bits per heavy atom. The van der Waals surface area contributed by atoms with Crippen LogP contribution in [0.3, 0.4) is 0 Å². The number of carbonyl (C=O) groups is 1. The number of carboxylic acids is 1. The second-order valence-electron chi connectivity index (χ2n) is 5.87. The highest BCUT2D eigenvalue weighted by molar-refractivity contribution is 5.66. The molecule has 0 saturated heterocycles. The summed E-state index contributed by atoms with van der Waals surface area (Å²) in [4.78, 5) is 10.3. The van der Waals surface area contributed by atoms with Crippen molar-refractivity contribution in [2.75, 3.05) is 0 Å². The van der Waals surface area contributed by atoms with Gasteiger partial charge in [-0.3, -0.25) is 4.79 Å². The first kappa shape index (κ1) is 17.0. The fraction of sp³-hybridized carbons (Fsp3) is 0.722. The average Bonchev–Trinajstić information content (AvgIpc) is 2.93. The standard InChI is InChI=1S/C18H30O2/c19-18(20)16-10-8-6-4-2-1-3-5-7-9-13-17-14-11-12-15-17/h6,8,11,14,17H,1-5,7,9-10,12-13,15-16H2,(H,19,20)/b8-6-. The fourth-order valence-electron chi connectivity index (χ4n) is 2.75. The summed E-state index contributed by atoms with van der Waals surface area (Å²) in [5.41, 5.74) is 0. The Hall–Kier alpha value is -1.05. The predicted molar refractivity (Wildman–Crippen MR) is 84.8 cm³/mol. The lowest BCUT2D eigenvalue weighted by Crippen LogP contribution is -1.91. The number of hydrogen-bond acceptors (Lipinski definition) is 1. The summed E-state index contributed by atoms with van der Waals surface area (Å²) in [6.07, 6.45) is 23.0. The summed E-state index contributed by atoms with van der Waals surface area (Å²) in [5.74, 6) is 0.175. The van der Waals surface area contributed by atoms with Gasteiger partial charge in [0, 0.05) is 6.42 Å². The molecule has 0 bridgehead atoms. The molecule has 0 fully saturated rings. The summed E-state index contributed by atoms with van der Waals surface area (Å²) in [6.45, 7) is 0. The van der Waals surface area contributed by atoms with Crippen molar-refractivity contribution in [3.8, 4) is 0 Å². The van der Waals surface area contributed by atoms with Gasteiger partial charge in [0.1, 0.15) is 0 Å². The SMILES string of the molecule is O=C(O)CC/C=C\CCCCCCCCC1C=CCC1. The first-order valence-electron chi connectivity index (χ1n) is 8.32. The molecule has 0 radical (unpaired) electrons. The predicted octanol–water partition coefficient (Wildman–Crippen LogP) is 5.49. The molecular formula is C18H30O2. The molecule has 0 aliphatic heterocycles. The fourth-order valence-corrected chi connectivity index (χ4v) is 2.75. The number of unbranched alkanes of at least 4 members (excludes halogenated alkanes) is 6. The van der Waals surface area contributed by atoms with Crippen molar-refractivity contribution in [1.82, 2.24) is 0 Å². The van der Waals surface area contributed by atoms with E-state index in [2.05, 4.69) is 18.2 Å². The van der Waals surface area contributed by atoms with Crippen LogP contribution in [0, 0.1) is 5.92 Å². The van der Waals surface area contributed by atoms with Crippen LogP contribution in [-0.4, -0.2) is 11.1 Å². The van der Waals surface area contributed by atoms with Gasteiger partial charge in [-0.15, -0.1) is 0 Å². The Morgan fingerprint density at radius 1 is 1.05 bits per heavy atom. The van der Waals surface area contributed by atoms with Crippen LogP contribution in [0.2, 0.25) is 0 Å². The van der Waals surface area contributed by atoms with Crippen molar-refractivity contribution in [2.24, 2.45) is 5.92 Å². The van der Waals surface area contributed by atoms with Crippen molar-refractivity contribution in [3.63, 3.8) is 0 Å². The van der Waals surface area contributed by atoms with Gasteiger partial charge in [0.05, 0.1) is 0 Å². The van der Waals surface area contributed by atoms with Crippen LogP contribution in [0.15, 0.2) is 24.3 Å². The van der Waals surface area contributed by atoms with E-state index in [0.29, 0.717) is 6.42 Å². The zero-order valence-electron chi connectivity index (χ0n) is 12.7. The van der Waals surface area contributed by atoms with Crippen LogP contribution < -0.4 is 0 Å². The van der Waals surface area contributed by atoms with E-state index >= 15 is 0 Å². The molecule has 0 aromatic heterocycles. The average molecular weight is 278 g/mol. The van der Waals surface area contributed by atoms with Gasteiger partial charge in [-0.25, -0.2) is 0 Å². The molecule has 2 nitrogen and oxygen atoms in total. The highest BCUT2D eigenvalue weighted by atomic mass is 16.4. The van der Waals surface area contributed by atoms with Crippen LogP contribution in [-0.2, 0) is 4.79 Å². The van der Waals surface area contributed by atoms with Crippen LogP contribution >= 0.6 is 0 Å². The van der Waals surface area contributed by atoms with E-state index in [4.69, 9.17) is 5.11 Å². The second-order valence-corrected chi connectivity index (χ2v) is 5.87. The van der Waals surface area contributed by atoms with Crippen LogP contribution in [0.5, 0.6) is 0 Å². The number of aliphatic carboxylic acids is 1. The lowest BCUT2D eigenvalue weighted by Gasteiger charge is -2.06. The number of carboxylic acid groups (broad SMARTS) is 1. The molecule has 1 atom stereocenters. The third-order valence-electron chi connectivity index (χ3n) is 4.00. The highest BCUT2D eigenvalue weighted by Crippen LogP contribution is 2.23. The molecule has 1 aliphatic rings. The Bertz CT molecular complexity index is 305. The third-order valence-corrected chi connectivity index (χ3v) is 4.00. The Kier molecular flexibility index (Phi) is 9.99. The minimum absolute atomic E-state index is 0.257. The molecular weight excluding hydrogens is 248 g/mol. The van der Waals surface area contributed by atoms with Gasteiger partial charge in [-0.2, -0.15) is 0 Å². The summed E-state index contributed by atoms with van der Waals surface area (Å²) >= 11 is 0. The number of hydrogen-bond donors (Lipinski definition) is 1. The maximum atomic E-state index is 10.3. The second kappa shape index (κ2) is 11.7. The number of allylic oxidation sites excluding steroid dienone is 4. The minimum Gasteiger partial charge on any atom is -0.481 e. The molecule has 114 valence electrons. The molecule has 0 amide bonds. The minimum atomic E-state index is -0.706. The quantitative estimate of drug-likeness (QED) is 0.378. The van der Waals surface area contributed by atoms with Crippen LogP contribution in [0.25, 0.3) is 0 Å².